The van der Waals surface area contributed by atoms with E-state index in [0.717, 1.165) is 38.6 Å². The van der Waals surface area contributed by atoms with E-state index in [2.05, 4.69) is 29.6 Å². The maximum atomic E-state index is 4.79. The lowest BCUT2D eigenvalue weighted by Crippen LogP contribution is -2.40. The Balaban J connectivity index is 0.00000242. The van der Waals surface area contributed by atoms with Gasteiger partial charge in [-0.3, -0.25) is 9.67 Å². The van der Waals surface area contributed by atoms with Gasteiger partial charge in [-0.2, -0.15) is 5.10 Å². The number of halogens is 1. The van der Waals surface area contributed by atoms with Gasteiger partial charge in [-0.25, -0.2) is 0 Å². The predicted octanol–water partition coefficient (Wildman–Crippen LogP) is 3.03. The Hall–Kier alpha value is -0.790. The second-order valence-corrected chi connectivity index (χ2v) is 5.95. The average Bonchev–Trinajstić information content (AvgIpc) is 2.96. The van der Waals surface area contributed by atoms with Crippen LogP contribution >= 0.6 is 24.0 Å². The zero-order valence-electron chi connectivity index (χ0n) is 13.8. The topological polar surface area (TPSA) is 54.2 Å². The number of hydrogen-bond acceptors (Lipinski definition) is 2. The van der Waals surface area contributed by atoms with E-state index in [1.165, 1.54) is 25.7 Å². The van der Waals surface area contributed by atoms with Gasteiger partial charge in [0.2, 0.25) is 0 Å². The molecule has 6 heteroatoms. The summed E-state index contributed by atoms with van der Waals surface area (Å²) in [5, 5.41) is 11.0. The SMILES string of the molecule is CCNC(=NCC1(CC)CCC1)NCCCn1cccn1.I. The van der Waals surface area contributed by atoms with E-state index in [4.69, 9.17) is 4.99 Å². The van der Waals surface area contributed by atoms with Gasteiger partial charge in [-0.1, -0.05) is 13.3 Å². The summed E-state index contributed by atoms with van der Waals surface area (Å²) in [6.45, 7) is 8.13. The van der Waals surface area contributed by atoms with Crippen LogP contribution < -0.4 is 10.6 Å². The standard InChI is InChI=1S/C16H29N5.HI/c1-3-16(8-5-9-16)14-19-15(17-4-2)18-10-6-12-21-13-7-11-20-21;/h7,11,13H,3-6,8-10,12,14H2,1-2H3,(H2,17,18,19);1H. The highest BCUT2D eigenvalue weighted by Gasteiger charge is 2.34. The summed E-state index contributed by atoms with van der Waals surface area (Å²) in [4.78, 5) is 4.79. The van der Waals surface area contributed by atoms with Gasteiger partial charge in [0.05, 0.1) is 0 Å². The fourth-order valence-electron chi connectivity index (χ4n) is 2.77. The molecule has 1 saturated carbocycles. The van der Waals surface area contributed by atoms with Crippen molar-refractivity contribution in [1.82, 2.24) is 20.4 Å². The van der Waals surface area contributed by atoms with Crippen LogP contribution in [0.15, 0.2) is 23.5 Å². The molecule has 126 valence electrons. The summed E-state index contributed by atoms with van der Waals surface area (Å²) in [6, 6.07) is 1.96. The lowest BCUT2D eigenvalue weighted by Gasteiger charge is -2.40. The Morgan fingerprint density at radius 2 is 2.14 bits per heavy atom. The molecule has 2 N–H and O–H groups in total. The molecular weight excluding hydrogens is 389 g/mol. The summed E-state index contributed by atoms with van der Waals surface area (Å²) in [5.41, 5.74) is 0.484. The zero-order valence-corrected chi connectivity index (χ0v) is 16.2. The third-order valence-corrected chi connectivity index (χ3v) is 4.50. The van der Waals surface area contributed by atoms with Crippen molar-refractivity contribution < 1.29 is 0 Å². The molecule has 1 fully saturated rings. The summed E-state index contributed by atoms with van der Waals surface area (Å²) in [6.07, 6.45) is 10.2. The van der Waals surface area contributed by atoms with Crippen LogP contribution in [0.3, 0.4) is 0 Å². The van der Waals surface area contributed by atoms with E-state index in [1.807, 2.05) is 23.1 Å². The fourth-order valence-corrected chi connectivity index (χ4v) is 2.77. The molecule has 1 aromatic heterocycles. The van der Waals surface area contributed by atoms with E-state index >= 15 is 0 Å². The molecule has 0 unspecified atom stereocenters. The van der Waals surface area contributed by atoms with E-state index in [9.17, 15) is 0 Å². The van der Waals surface area contributed by atoms with Gasteiger partial charge in [-0.15, -0.1) is 24.0 Å². The minimum atomic E-state index is 0. The number of guanidine groups is 1. The normalized spacial score (nSPS) is 16.5. The van der Waals surface area contributed by atoms with Crippen LogP contribution in [0.2, 0.25) is 0 Å². The minimum absolute atomic E-state index is 0. The quantitative estimate of drug-likeness (QED) is 0.295. The molecule has 1 aliphatic rings. The third-order valence-electron chi connectivity index (χ3n) is 4.50. The Labute approximate surface area is 151 Å². The predicted molar refractivity (Wildman–Crippen MR) is 103 cm³/mol. The van der Waals surface area contributed by atoms with Crippen LogP contribution in [0.5, 0.6) is 0 Å². The van der Waals surface area contributed by atoms with Crippen molar-refractivity contribution in [2.24, 2.45) is 10.4 Å². The highest BCUT2D eigenvalue weighted by atomic mass is 127. The Bertz CT molecular complexity index is 420. The Morgan fingerprint density at radius 3 is 2.68 bits per heavy atom. The minimum Gasteiger partial charge on any atom is -0.357 e. The molecule has 0 amide bonds. The summed E-state index contributed by atoms with van der Waals surface area (Å²) in [7, 11) is 0. The van der Waals surface area contributed by atoms with Crippen molar-refractivity contribution in [3.05, 3.63) is 18.5 Å². The number of rotatable bonds is 8. The second kappa shape index (κ2) is 10.1. The van der Waals surface area contributed by atoms with Gasteiger partial charge < -0.3 is 10.6 Å². The van der Waals surface area contributed by atoms with Crippen molar-refractivity contribution in [3.8, 4) is 0 Å². The van der Waals surface area contributed by atoms with Crippen molar-refractivity contribution in [2.45, 2.75) is 52.5 Å². The first-order chi connectivity index (χ1) is 10.3. The number of aromatic nitrogens is 2. The van der Waals surface area contributed by atoms with Gasteiger partial charge in [0, 0.05) is 38.6 Å². The maximum absolute atomic E-state index is 4.79. The van der Waals surface area contributed by atoms with E-state index in [-0.39, 0.29) is 24.0 Å². The van der Waals surface area contributed by atoms with Gasteiger partial charge in [0.15, 0.2) is 5.96 Å². The number of nitrogens with zero attached hydrogens (tertiary/aromatic N) is 3. The zero-order chi connectivity index (χ0) is 15.0. The molecule has 5 nitrogen and oxygen atoms in total. The van der Waals surface area contributed by atoms with Crippen molar-refractivity contribution in [2.75, 3.05) is 19.6 Å². The maximum Gasteiger partial charge on any atom is 0.191 e. The third kappa shape index (κ3) is 5.78. The summed E-state index contributed by atoms with van der Waals surface area (Å²) in [5.74, 6) is 0.956. The number of aliphatic imine (C=N–C) groups is 1. The van der Waals surface area contributed by atoms with E-state index < -0.39 is 0 Å². The Kier molecular flexibility index (Phi) is 8.82. The average molecular weight is 419 g/mol. The largest absolute Gasteiger partial charge is 0.357 e. The van der Waals surface area contributed by atoms with Gasteiger partial charge in [-0.05, 0) is 44.1 Å². The molecule has 1 aromatic rings. The van der Waals surface area contributed by atoms with Crippen LogP contribution in [0, 0.1) is 5.41 Å². The van der Waals surface area contributed by atoms with Crippen molar-refractivity contribution in [3.63, 3.8) is 0 Å². The monoisotopic (exact) mass is 419 g/mol. The first kappa shape index (κ1) is 19.3. The van der Waals surface area contributed by atoms with E-state index in [1.54, 1.807) is 0 Å². The summed E-state index contributed by atoms with van der Waals surface area (Å²) >= 11 is 0. The van der Waals surface area contributed by atoms with Gasteiger partial charge in [0.25, 0.3) is 0 Å². The van der Waals surface area contributed by atoms with Crippen molar-refractivity contribution in [1.29, 1.82) is 0 Å². The number of aryl methyl sites for hydroxylation is 1. The second-order valence-electron chi connectivity index (χ2n) is 5.95. The molecule has 0 radical (unpaired) electrons. The van der Waals surface area contributed by atoms with Gasteiger partial charge >= 0.3 is 0 Å². The molecule has 1 aliphatic carbocycles. The first-order valence-corrected chi connectivity index (χ1v) is 8.27. The molecule has 1 heterocycles. The van der Waals surface area contributed by atoms with Crippen LogP contribution in [-0.4, -0.2) is 35.4 Å². The molecule has 0 spiro atoms. The summed E-state index contributed by atoms with van der Waals surface area (Å²) < 4.78 is 1.96. The van der Waals surface area contributed by atoms with Crippen LogP contribution in [-0.2, 0) is 6.54 Å². The molecule has 0 atom stereocenters. The van der Waals surface area contributed by atoms with Crippen LogP contribution in [0.4, 0.5) is 0 Å². The molecule has 0 bridgehead atoms. The van der Waals surface area contributed by atoms with Crippen LogP contribution in [0.1, 0.15) is 46.0 Å². The molecule has 2 rings (SSSR count). The van der Waals surface area contributed by atoms with Crippen molar-refractivity contribution >= 4 is 29.9 Å². The highest BCUT2D eigenvalue weighted by Crippen LogP contribution is 2.43. The number of nitrogens with one attached hydrogen (secondary N) is 2. The fraction of sp³-hybridized carbons (Fsp3) is 0.750. The highest BCUT2D eigenvalue weighted by molar-refractivity contribution is 14.0. The molecule has 22 heavy (non-hydrogen) atoms. The van der Waals surface area contributed by atoms with E-state index in [0.29, 0.717) is 5.41 Å². The first-order valence-electron chi connectivity index (χ1n) is 8.27. The molecule has 0 aromatic carbocycles. The van der Waals surface area contributed by atoms with Crippen LogP contribution in [0.25, 0.3) is 0 Å². The molecule has 0 aliphatic heterocycles. The lowest BCUT2D eigenvalue weighted by molar-refractivity contribution is 0.139. The Morgan fingerprint density at radius 1 is 1.32 bits per heavy atom. The lowest BCUT2D eigenvalue weighted by atomic mass is 9.67. The molecule has 0 saturated heterocycles. The smallest absolute Gasteiger partial charge is 0.191 e. The van der Waals surface area contributed by atoms with Gasteiger partial charge in [0.1, 0.15) is 0 Å². The molecular formula is C16H30IN5. The number of hydrogen-bond donors (Lipinski definition) is 2.